The maximum Gasteiger partial charge on any atom is 0.761 e. The van der Waals surface area contributed by atoms with E-state index in [-0.39, 0.29) is 47.6 Å². The predicted molar refractivity (Wildman–Crippen MR) is 10.9 cm³/mol. The van der Waals surface area contributed by atoms with Crippen LogP contribution < -0.4 is 0 Å². The molecule has 0 bridgehead atoms. The molecule has 0 aliphatic rings. The molecule has 0 aromatic rings. The third-order valence-corrected chi connectivity index (χ3v) is 0. The van der Waals surface area contributed by atoms with Crippen molar-refractivity contribution in [3.63, 3.8) is 0 Å². The van der Waals surface area contributed by atoms with Crippen LogP contribution in [0.15, 0.2) is 0 Å². The quantitative estimate of drug-likeness (QED) is 0.529. The SMILES string of the molecule is O=[Si](O)O.[Hf].[Ti]. The third kappa shape index (κ3) is 63.6. The van der Waals surface area contributed by atoms with Gasteiger partial charge in [0.05, 0.1) is 0 Å². The van der Waals surface area contributed by atoms with E-state index in [1.165, 1.54) is 0 Å². The van der Waals surface area contributed by atoms with Crippen LogP contribution in [0.5, 0.6) is 0 Å². The summed E-state index contributed by atoms with van der Waals surface area (Å²) in [5, 5.41) is 0. The average molecular weight is 304 g/mol. The molecule has 0 aromatic heterocycles. The molecule has 0 saturated heterocycles. The summed E-state index contributed by atoms with van der Waals surface area (Å²) < 4.78 is 8.74. The summed E-state index contributed by atoms with van der Waals surface area (Å²) in [5.41, 5.74) is 0. The molecule has 0 saturated carbocycles. The fourth-order valence-corrected chi connectivity index (χ4v) is 0. The molecule has 0 amide bonds. The van der Waals surface area contributed by atoms with E-state index in [1.807, 2.05) is 0 Å². The van der Waals surface area contributed by atoms with Crippen LogP contribution >= 0.6 is 0 Å². The van der Waals surface area contributed by atoms with Crippen molar-refractivity contribution in [3.05, 3.63) is 0 Å². The average Bonchev–Trinajstić information content (AvgIpc) is 0.811. The molecule has 32 valence electrons. The molecule has 6 heavy (non-hydrogen) atoms. The van der Waals surface area contributed by atoms with Gasteiger partial charge in [0.2, 0.25) is 0 Å². The second kappa shape index (κ2) is 9.50. The first-order valence-corrected chi connectivity index (χ1v) is 1.95. The molecule has 0 atom stereocenters. The number of rotatable bonds is 0. The summed E-state index contributed by atoms with van der Waals surface area (Å²) in [6.45, 7) is 0. The molecule has 2 N–H and O–H groups in total. The monoisotopic (exact) mass is 306 g/mol. The minimum Gasteiger partial charge on any atom is -0.511 e. The number of hydrogen-bond donors (Lipinski definition) is 2. The van der Waals surface area contributed by atoms with Gasteiger partial charge < -0.3 is 9.59 Å². The van der Waals surface area contributed by atoms with E-state index in [4.69, 9.17) is 14.1 Å². The molecule has 6 heteroatoms. The Labute approximate surface area is 70.3 Å². The van der Waals surface area contributed by atoms with Crippen LogP contribution in [0.2, 0.25) is 0 Å². The van der Waals surface area contributed by atoms with E-state index in [0.29, 0.717) is 0 Å². The molecule has 0 fully saturated rings. The van der Waals surface area contributed by atoms with Crippen LogP contribution in [-0.2, 0) is 52.0 Å². The third-order valence-electron chi connectivity index (χ3n) is 0. The van der Waals surface area contributed by atoms with E-state index in [2.05, 4.69) is 0 Å². The fourth-order valence-electron chi connectivity index (χ4n) is 0. The maximum atomic E-state index is 8.74. The van der Waals surface area contributed by atoms with E-state index in [0.717, 1.165) is 0 Å². The Hall–Kier alpha value is 1.20. The number of hydrogen-bond acceptors (Lipinski definition) is 1. The van der Waals surface area contributed by atoms with Crippen molar-refractivity contribution >= 4 is 9.17 Å². The topological polar surface area (TPSA) is 57.5 Å². The summed E-state index contributed by atoms with van der Waals surface area (Å²) in [7, 11) is -3.13. The van der Waals surface area contributed by atoms with Crippen LogP contribution in [0.3, 0.4) is 0 Å². The summed E-state index contributed by atoms with van der Waals surface area (Å²) >= 11 is 0. The van der Waals surface area contributed by atoms with Crippen LogP contribution in [0.1, 0.15) is 0 Å². The van der Waals surface area contributed by atoms with Gasteiger partial charge in [0.25, 0.3) is 0 Å². The van der Waals surface area contributed by atoms with E-state index in [1.54, 1.807) is 0 Å². The minimum atomic E-state index is -3.13. The van der Waals surface area contributed by atoms with Crippen molar-refractivity contribution in [3.8, 4) is 0 Å². The zero-order valence-electron chi connectivity index (χ0n) is 2.80. The summed E-state index contributed by atoms with van der Waals surface area (Å²) in [5.74, 6) is 0. The zero-order chi connectivity index (χ0) is 3.58. The zero-order valence-corrected chi connectivity index (χ0v) is 8.96. The minimum absolute atomic E-state index is 0. The van der Waals surface area contributed by atoms with E-state index in [9.17, 15) is 0 Å². The van der Waals surface area contributed by atoms with Crippen LogP contribution in [-0.4, -0.2) is 18.8 Å². The summed E-state index contributed by atoms with van der Waals surface area (Å²) in [6, 6.07) is 0. The van der Waals surface area contributed by atoms with Gasteiger partial charge in [-0.3, -0.25) is 4.46 Å². The van der Waals surface area contributed by atoms with Gasteiger partial charge in [-0.05, 0) is 0 Å². The van der Waals surface area contributed by atoms with Crippen LogP contribution in [0.4, 0.5) is 0 Å². The van der Waals surface area contributed by atoms with Gasteiger partial charge in [-0.15, -0.1) is 0 Å². The van der Waals surface area contributed by atoms with Crippen molar-refractivity contribution in [2.24, 2.45) is 0 Å². The normalized spacial score (nSPS) is 4.00. The van der Waals surface area contributed by atoms with Crippen molar-refractivity contribution in [1.82, 2.24) is 0 Å². The Morgan fingerprint density at radius 2 is 1.33 bits per heavy atom. The first-order chi connectivity index (χ1) is 1.73. The molecule has 0 aliphatic heterocycles. The van der Waals surface area contributed by atoms with Gasteiger partial charge >= 0.3 is 9.17 Å². The van der Waals surface area contributed by atoms with Gasteiger partial charge in [-0.25, -0.2) is 0 Å². The standard InChI is InChI=1S/Hf.H2O3Si.Ti/c;1-4(2)3;/h;1-2H;. The molecule has 0 unspecified atom stereocenters. The Morgan fingerprint density at radius 1 is 1.33 bits per heavy atom. The molecule has 0 aromatic carbocycles. The molecule has 0 heterocycles. The van der Waals surface area contributed by atoms with E-state index >= 15 is 0 Å². The van der Waals surface area contributed by atoms with Gasteiger partial charge in [0.1, 0.15) is 0 Å². The fraction of sp³-hybridized carbons (Fsp3) is 0. The van der Waals surface area contributed by atoms with E-state index < -0.39 is 9.17 Å². The Morgan fingerprint density at radius 3 is 1.33 bits per heavy atom. The van der Waals surface area contributed by atoms with Crippen LogP contribution in [0.25, 0.3) is 0 Å². The molecule has 0 radical (unpaired) electrons. The molecular formula is H2HfO3SiTi. The van der Waals surface area contributed by atoms with Gasteiger partial charge in [0.15, 0.2) is 0 Å². The van der Waals surface area contributed by atoms with Crippen molar-refractivity contribution < 1.29 is 61.6 Å². The molecular weight excluding hydrogens is 302 g/mol. The van der Waals surface area contributed by atoms with Crippen molar-refractivity contribution in [2.45, 2.75) is 0 Å². The molecule has 3 nitrogen and oxygen atoms in total. The first kappa shape index (κ1) is 15.7. The van der Waals surface area contributed by atoms with Gasteiger partial charge in [0, 0.05) is 47.6 Å². The first-order valence-electron chi connectivity index (χ1n) is 0.651. The Kier molecular flexibility index (Phi) is 24.9. The maximum absolute atomic E-state index is 8.74. The van der Waals surface area contributed by atoms with Gasteiger partial charge in [-0.2, -0.15) is 0 Å². The molecule has 0 rings (SSSR count). The summed E-state index contributed by atoms with van der Waals surface area (Å²) in [6.07, 6.45) is 0. The van der Waals surface area contributed by atoms with Crippen molar-refractivity contribution in [2.75, 3.05) is 0 Å². The van der Waals surface area contributed by atoms with Crippen LogP contribution in [0, 0.1) is 0 Å². The smallest absolute Gasteiger partial charge is 0.511 e. The predicted octanol–water partition coefficient (Wildman–Crippen LogP) is -1.62. The van der Waals surface area contributed by atoms with Gasteiger partial charge in [-0.1, -0.05) is 0 Å². The molecule has 0 aliphatic carbocycles. The molecule has 0 spiro atoms. The Bertz CT molecular complexity index is 33.8. The Balaban J connectivity index is -0.0000000450. The second-order valence-corrected chi connectivity index (χ2v) is 0.848. The van der Waals surface area contributed by atoms with Crippen molar-refractivity contribution in [1.29, 1.82) is 0 Å². The second-order valence-electron chi connectivity index (χ2n) is 0.283. The largest absolute Gasteiger partial charge is 0.761 e. The summed E-state index contributed by atoms with van der Waals surface area (Å²) in [4.78, 5) is 14.3.